The third-order valence-corrected chi connectivity index (χ3v) is 4.35. The number of ether oxygens (including phenoxy) is 2. The number of nitrogens with zero attached hydrogens (tertiary/aromatic N) is 2. The molecule has 1 amide bonds. The van der Waals surface area contributed by atoms with E-state index in [1.807, 2.05) is 13.8 Å². The van der Waals surface area contributed by atoms with Gasteiger partial charge in [0.05, 0.1) is 35.2 Å². The molecule has 1 aliphatic rings. The minimum absolute atomic E-state index is 0.299. The molecule has 0 aliphatic carbocycles. The van der Waals surface area contributed by atoms with Gasteiger partial charge >= 0.3 is 0 Å². The van der Waals surface area contributed by atoms with Crippen LogP contribution in [0.2, 0.25) is 5.02 Å². The third kappa shape index (κ3) is 4.02. The zero-order valence-electron chi connectivity index (χ0n) is 15.8. The normalized spacial score (nSPS) is 15.2. The number of amides is 1. The molecule has 146 valence electrons. The third-order valence-electron chi connectivity index (χ3n) is 4.07. The van der Waals surface area contributed by atoms with Crippen LogP contribution < -0.4 is 14.5 Å². The van der Waals surface area contributed by atoms with Gasteiger partial charge in [0.1, 0.15) is 5.82 Å². The Kier molecular flexibility index (Phi) is 5.99. The van der Waals surface area contributed by atoms with Gasteiger partial charge in [-0.25, -0.2) is 4.39 Å². The molecule has 3 rings (SSSR count). The van der Waals surface area contributed by atoms with Gasteiger partial charge in [0.15, 0.2) is 11.5 Å². The first-order chi connectivity index (χ1) is 13.4. The van der Waals surface area contributed by atoms with E-state index < -0.39 is 0 Å². The van der Waals surface area contributed by atoms with Crippen LogP contribution in [0, 0.1) is 5.82 Å². The molecule has 1 heterocycles. The SMILES string of the molecule is CCOc1cc(/C=C2/C(=O)N(c3ccc(F)cc3)N=C2C)cc(Cl)c1OCC. The van der Waals surface area contributed by atoms with Gasteiger partial charge in [0.2, 0.25) is 0 Å². The Morgan fingerprint density at radius 2 is 1.82 bits per heavy atom. The van der Waals surface area contributed by atoms with Crippen molar-refractivity contribution in [3.05, 3.63) is 58.4 Å². The molecule has 0 spiro atoms. The predicted octanol–water partition coefficient (Wildman–Crippen LogP) is 5.08. The van der Waals surface area contributed by atoms with Crippen molar-refractivity contribution in [1.82, 2.24) is 0 Å². The fraction of sp³-hybridized carbons (Fsp3) is 0.238. The second kappa shape index (κ2) is 8.44. The van der Waals surface area contributed by atoms with Crippen LogP contribution in [0.25, 0.3) is 6.08 Å². The quantitative estimate of drug-likeness (QED) is 0.633. The molecule has 0 saturated carbocycles. The molecule has 0 N–H and O–H groups in total. The van der Waals surface area contributed by atoms with E-state index in [-0.39, 0.29) is 11.7 Å². The van der Waals surface area contributed by atoms with Gasteiger partial charge in [-0.3, -0.25) is 4.79 Å². The Bertz CT molecular complexity index is 955. The van der Waals surface area contributed by atoms with Gasteiger partial charge < -0.3 is 9.47 Å². The zero-order valence-corrected chi connectivity index (χ0v) is 16.6. The minimum Gasteiger partial charge on any atom is -0.490 e. The number of rotatable bonds is 6. The number of hydrazone groups is 1. The highest BCUT2D eigenvalue weighted by molar-refractivity contribution is 6.33. The van der Waals surface area contributed by atoms with Gasteiger partial charge in [-0.1, -0.05) is 11.6 Å². The van der Waals surface area contributed by atoms with Gasteiger partial charge in [-0.2, -0.15) is 10.1 Å². The lowest BCUT2D eigenvalue weighted by molar-refractivity contribution is -0.114. The number of anilines is 1. The largest absolute Gasteiger partial charge is 0.490 e. The summed E-state index contributed by atoms with van der Waals surface area (Å²) in [5, 5.41) is 5.94. The number of halogens is 2. The Labute approximate surface area is 168 Å². The van der Waals surface area contributed by atoms with E-state index in [2.05, 4.69) is 5.10 Å². The molecule has 7 heteroatoms. The summed E-state index contributed by atoms with van der Waals surface area (Å²) in [7, 11) is 0. The topological polar surface area (TPSA) is 51.1 Å². The van der Waals surface area contributed by atoms with Crippen molar-refractivity contribution in [2.24, 2.45) is 5.10 Å². The number of carbonyl (C=O) groups excluding carboxylic acids is 1. The summed E-state index contributed by atoms with van der Waals surface area (Å²) in [6.07, 6.45) is 1.70. The van der Waals surface area contributed by atoms with Crippen molar-refractivity contribution in [3.8, 4) is 11.5 Å². The Morgan fingerprint density at radius 3 is 2.46 bits per heavy atom. The number of hydrogen-bond acceptors (Lipinski definition) is 4. The Balaban J connectivity index is 1.96. The second-order valence-electron chi connectivity index (χ2n) is 6.03. The van der Waals surface area contributed by atoms with E-state index in [1.54, 1.807) is 25.1 Å². The molecule has 0 atom stereocenters. The van der Waals surface area contributed by atoms with Crippen LogP contribution in [-0.4, -0.2) is 24.8 Å². The minimum atomic E-state index is -0.376. The molecule has 0 aromatic heterocycles. The lowest BCUT2D eigenvalue weighted by Gasteiger charge is -2.14. The average Bonchev–Trinajstić information content (AvgIpc) is 2.94. The van der Waals surface area contributed by atoms with E-state index in [9.17, 15) is 9.18 Å². The van der Waals surface area contributed by atoms with Crippen LogP contribution >= 0.6 is 11.6 Å². The van der Waals surface area contributed by atoms with Gasteiger partial charge in [-0.15, -0.1) is 0 Å². The first-order valence-corrected chi connectivity index (χ1v) is 9.28. The molecule has 28 heavy (non-hydrogen) atoms. The van der Waals surface area contributed by atoms with Crippen LogP contribution in [0.4, 0.5) is 10.1 Å². The smallest absolute Gasteiger partial charge is 0.280 e. The van der Waals surface area contributed by atoms with Crippen LogP contribution in [0.1, 0.15) is 26.3 Å². The maximum Gasteiger partial charge on any atom is 0.280 e. The summed E-state index contributed by atoms with van der Waals surface area (Å²) in [6.45, 7) is 6.38. The van der Waals surface area contributed by atoms with Crippen molar-refractivity contribution in [3.63, 3.8) is 0 Å². The summed E-state index contributed by atoms with van der Waals surface area (Å²) in [5.74, 6) is 0.315. The van der Waals surface area contributed by atoms with E-state index in [0.29, 0.717) is 52.3 Å². The molecule has 0 fully saturated rings. The number of benzene rings is 2. The number of carbonyl (C=O) groups is 1. The van der Waals surface area contributed by atoms with Crippen molar-refractivity contribution < 1.29 is 18.7 Å². The van der Waals surface area contributed by atoms with Crippen LogP contribution in [-0.2, 0) is 4.79 Å². The maximum absolute atomic E-state index is 13.2. The average molecular weight is 403 g/mol. The number of hydrogen-bond donors (Lipinski definition) is 0. The Morgan fingerprint density at radius 1 is 1.14 bits per heavy atom. The molecule has 5 nitrogen and oxygen atoms in total. The molecular formula is C21H20ClFN2O3. The van der Waals surface area contributed by atoms with Crippen LogP contribution in [0.5, 0.6) is 11.5 Å². The highest BCUT2D eigenvalue weighted by Crippen LogP contribution is 2.37. The van der Waals surface area contributed by atoms with Crippen LogP contribution in [0.3, 0.4) is 0 Å². The van der Waals surface area contributed by atoms with E-state index in [0.717, 1.165) is 0 Å². The summed E-state index contributed by atoms with van der Waals surface area (Å²) < 4.78 is 24.3. The van der Waals surface area contributed by atoms with Gasteiger partial charge in [-0.05, 0) is 68.8 Å². The fourth-order valence-electron chi connectivity index (χ4n) is 2.83. The summed E-state index contributed by atoms with van der Waals surface area (Å²) in [6, 6.07) is 9.07. The monoisotopic (exact) mass is 402 g/mol. The first kappa shape index (κ1) is 19.9. The van der Waals surface area contributed by atoms with Gasteiger partial charge in [0.25, 0.3) is 5.91 Å². The van der Waals surface area contributed by atoms with Crippen molar-refractivity contribution in [2.45, 2.75) is 20.8 Å². The fourth-order valence-corrected chi connectivity index (χ4v) is 3.10. The highest BCUT2D eigenvalue weighted by atomic mass is 35.5. The summed E-state index contributed by atoms with van der Waals surface area (Å²) in [5.41, 5.74) is 2.16. The first-order valence-electron chi connectivity index (χ1n) is 8.91. The summed E-state index contributed by atoms with van der Waals surface area (Å²) >= 11 is 6.35. The molecule has 0 saturated heterocycles. The van der Waals surface area contributed by atoms with Crippen molar-refractivity contribution in [1.29, 1.82) is 0 Å². The Hall–Kier alpha value is -2.86. The lowest BCUT2D eigenvalue weighted by Crippen LogP contribution is -2.21. The van der Waals surface area contributed by atoms with Crippen molar-refractivity contribution in [2.75, 3.05) is 18.2 Å². The molecular weight excluding hydrogens is 383 g/mol. The standard InChI is InChI=1S/C21H20ClFN2O3/c1-4-27-19-12-14(11-18(22)20(19)28-5-2)10-17-13(3)24-25(21(17)26)16-8-6-15(23)7-9-16/h6-12H,4-5H2,1-3H3/b17-10+. The molecule has 2 aromatic rings. The summed E-state index contributed by atoms with van der Waals surface area (Å²) in [4.78, 5) is 12.8. The lowest BCUT2D eigenvalue weighted by atomic mass is 10.1. The van der Waals surface area contributed by atoms with Crippen LogP contribution in [0.15, 0.2) is 47.1 Å². The zero-order chi connectivity index (χ0) is 20.3. The van der Waals surface area contributed by atoms with E-state index in [1.165, 1.54) is 29.3 Å². The van der Waals surface area contributed by atoms with E-state index >= 15 is 0 Å². The van der Waals surface area contributed by atoms with Crippen molar-refractivity contribution >= 4 is 35.0 Å². The predicted molar refractivity (Wildman–Crippen MR) is 109 cm³/mol. The van der Waals surface area contributed by atoms with E-state index in [4.69, 9.17) is 21.1 Å². The molecule has 1 aliphatic heterocycles. The maximum atomic E-state index is 13.2. The molecule has 2 aromatic carbocycles. The molecule has 0 unspecified atom stereocenters. The second-order valence-corrected chi connectivity index (χ2v) is 6.44. The molecule has 0 bridgehead atoms. The highest BCUT2D eigenvalue weighted by Gasteiger charge is 2.29. The molecule has 0 radical (unpaired) electrons. The van der Waals surface area contributed by atoms with Gasteiger partial charge in [0, 0.05) is 0 Å².